The molecule has 2 heterocycles. The van der Waals surface area contributed by atoms with Crippen molar-refractivity contribution in [3.05, 3.63) is 47.0 Å². The average Bonchev–Trinajstić information content (AvgIpc) is 3.72. The Balaban J connectivity index is 1.28. The summed E-state index contributed by atoms with van der Waals surface area (Å²) in [5, 5.41) is 0. The fourth-order valence-corrected chi connectivity index (χ4v) is 6.15. The van der Waals surface area contributed by atoms with E-state index in [0.717, 1.165) is 37.2 Å². The molecule has 4 rings (SSSR count). The van der Waals surface area contributed by atoms with Gasteiger partial charge in [-0.1, -0.05) is 103 Å². The summed E-state index contributed by atoms with van der Waals surface area (Å²) < 4.78 is 45.9. The molecule has 1 fully saturated rings. The Morgan fingerprint density at radius 2 is 1.63 bits per heavy atom. The van der Waals surface area contributed by atoms with Gasteiger partial charge in [0.05, 0.1) is 17.0 Å². The van der Waals surface area contributed by atoms with Gasteiger partial charge in [0.1, 0.15) is 0 Å². The van der Waals surface area contributed by atoms with Gasteiger partial charge in [-0.3, -0.25) is 4.98 Å². The predicted molar refractivity (Wildman–Crippen MR) is 150 cm³/mol. The number of pyridine rings is 2. The van der Waals surface area contributed by atoms with Crippen LogP contribution in [0.25, 0.3) is 11.4 Å². The first-order valence-electron chi connectivity index (χ1n) is 15.4. The molecule has 0 spiro atoms. The number of hydrogen-bond donors (Lipinski definition) is 0. The van der Waals surface area contributed by atoms with E-state index in [4.69, 9.17) is 0 Å². The molecule has 2 aromatic rings. The second-order valence-electron chi connectivity index (χ2n) is 12.2. The van der Waals surface area contributed by atoms with Crippen LogP contribution in [0.2, 0.25) is 0 Å². The molecule has 2 nitrogen and oxygen atoms in total. The zero-order valence-electron chi connectivity index (χ0n) is 23.6. The first-order valence-corrected chi connectivity index (χ1v) is 15.4. The molecule has 0 radical (unpaired) electrons. The van der Waals surface area contributed by atoms with Crippen molar-refractivity contribution in [2.75, 3.05) is 0 Å². The lowest BCUT2D eigenvalue weighted by Gasteiger charge is -2.33. The maximum atomic E-state index is 15.4. The summed E-state index contributed by atoms with van der Waals surface area (Å²) in [4.78, 5) is 8.47. The van der Waals surface area contributed by atoms with Crippen LogP contribution < -0.4 is 0 Å². The highest BCUT2D eigenvalue weighted by Crippen LogP contribution is 2.47. The maximum Gasteiger partial charge on any atom is 0.280 e. The van der Waals surface area contributed by atoms with Crippen LogP contribution in [0.3, 0.4) is 0 Å². The Labute approximate surface area is 228 Å². The third-order valence-corrected chi connectivity index (χ3v) is 8.75. The van der Waals surface area contributed by atoms with Crippen molar-refractivity contribution in [2.45, 2.75) is 129 Å². The Hall–Kier alpha value is -1.91. The van der Waals surface area contributed by atoms with Crippen LogP contribution in [-0.2, 0) is 18.8 Å². The van der Waals surface area contributed by atoms with Gasteiger partial charge in [0.15, 0.2) is 0 Å². The molecule has 0 saturated heterocycles. The van der Waals surface area contributed by atoms with Crippen molar-refractivity contribution >= 4 is 0 Å². The third-order valence-electron chi connectivity index (χ3n) is 8.75. The van der Waals surface area contributed by atoms with Gasteiger partial charge in [-0.25, -0.2) is 13.8 Å². The van der Waals surface area contributed by atoms with Crippen LogP contribution in [0.1, 0.15) is 127 Å². The molecular weight excluding hydrogens is 481 g/mol. The lowest BCUT2D eigenvalue weighted by Crippen LogP contribution is -2.33. The van der Waals surface area contributed by atoms with Gasteiger partial charge in [-0.15, -0.1) is 0 Å². The van der Waals surface area contributed by atoms with Crippen LogP contribution in [-0.4, -0.2) is 9.97 Å². The standard InChI is InChI=1S/C33H47F3N2/c1-3-4-12-24(2)21-26-17-20-29(37-23-26)30-22-27-18-19-28(33(35,36)31(27)32(34)38-30)14-11-9-7-5-6-8-10-13-25-15-16-25/h17,20,22-25,28H,3-16,18-19,21H2,1-2H3. The van der Waals surface area contributed by atoms with E-state index in [1.54, 1.807) is 6.07 Å². The number of halogens is 3. The highest BCUT2D eigenvalue weighted by Gasteiger charge is 2.47. The second-order valence-corrected chi connectivity index (χ2v) is 12.2. The van der Waals surface area contributed by atoms with Gasteiger partial charge in [0.2, 0.25) is 5.95 Å². The molecule has 2 atom stereocenters. The fraction of sp³-hybridized carbons (Fsp3) is 0.697. The highest BCUT2D eigenvalue weighted by molar-refractivity contribution is 5.57. The van der Waals surface area contributed by atoms with E-state index < -0.39 is 23.4 Å². The zero-order chi connectivity index (χ0) is 27.0. The molecule has 2 aliphatic rings. The monoisotopic (exact) mass is 528 g/mol. The average molecular weight is 529 g/mol. The molecule has 2 aromatic heterocycles. The quantitative estimate of drug-likeness (QED) is 0.160. The summed E-state index contributed by atoms with van der Waals surface area (Å²) >= 11 is 0. The topological polar surface area (TPSA) is 25.8 Å². The van der Waals surface area contributed by atoms with E-state index in [-0.39, 0.29) is 0 Å². The molecule has 0 N–H and O–H groups in total. The van der Waals surface area contributed by atoms with E-state index in [0.29, 0.717) is 42.1 Å². The molecule has 2 aliphatic carbocycles. The summed E-state index contributed by atoms with van der Waals surface area (Å²) in [6.07, 6.45) is 19.9. The van der Waals surface area contributed by atoms with Crippen LogP contribution >= 0.6 is 0 Å². The minimum absolute atomic E-state index is 0.346. The largest absolute Gasteiger partial charge is 0.280 e. The molecule has 0 bridgehead atoms. The van der Waals surface area contributed by atoms with Crippen molar-refractivity contribution < 1.29 is 13.2 Å². The molecule has 5 heteroatoms. The van der Waals surface area contributed by atoms with Gasteiger partial charge in [0.25, 0.3) is 5.92 Å². The first kappa shape index (κ1) is 29.1. The Morgan fingerprint density at radius 1 is 0.921 bits per heavy atom. The Kier molecular flexibility index (Phi) is 10.7. The van der Waals surface area contributed by atoms with E-state index in [9.17, 15) is 0 Å². The van der Waals surface area contributed by atoms with E-state index in [2.05, 4.69) is 23.8 Å². The number of unbranched alkanes of at least 4 members (excludes halogenated alkanes) is 7. The predicted octanol–water partition coefficient (Wildman–Crippen LogP) is 10.2. The van der Waals surface area contributed by atoms with E-state index in [1.807, 2.05) is 18.3 Å². The molecule has 0 aliphatic heterocycles. The van der Waals surface area contributed by atoms with E-state index >= 15 is 13.2 Å². The summed E-state index contributed by atoms with van der Waals surface area (Å²) in [7, 11) is 0. The Morgan fingerprint density at radius 3 is 2.29 bits per heavy atom. The smallest absolute Gasteiger partial charge is 0.254 e. The summed E-state index contributed by atoms with van der Waals surface area (Å²) in [6.45, 7) is 4.44. The fourth-order valence-electron chi connectivity index (χ4n) is 6.15. The molecule has 1 saturated carbocycles. The molecule has 0 amide bonds. The van der Waals surface area contributed by atoms with Crippen molar-refractivity contribution in [1.82, 2.24) is 9.97 Å². The number of hydrogen-bond acceptors (Lipinski definition) is 2. The van der Waals surface area contributed by atoms with Crippen molar-refractivity contribution in [2.24, 2.45) is 17.8 Å². The van der Waals surface area contributed by atoms with Crippen molar-refractivity contribution in [1.29, 1.82) is 0 Å². The van der Waals surface area contributed by atoms with Gasteiger partial charge in [-0.2, -0.15) is 4.39 Å². The number of rotatable bonds is 16. The highest BCUT2D eigenvalue weighted by atomic mass is 19.3. The lowest BCUT2D eigenvalue weighted by molar-refractivity contribution is -0.0824. The van der Waals surface area contributed by atoms with E-state index in [1.165, 1.54) is 64.2 Å². The number of aryl methyl sites for hydroxylation is 1. The van der Waals surface area contributed by atoms with Gasteiger partial charge in [0, 0.05) is 12.1 Å². The second kappa shape index (κ2) is 13.9. The maximum absolute atomic E-state index is 15.4. The number of fused-ring (bicyclic) bond motifs is 1. The number of aromatic nitrogens is 2. The SMILES string of the molecule is CCCCC(C)Cc1ccc(-c2cc3c(c(F)n2)C(F)(F)C(CCCCCCCCCC2CC2)CC3)nc1. The van der Waals surface area contributed by atoms with Crippen molar-refractivity contribution in [3.8, 4) is 11.4 Å². The minimum Gasteiger partial charge on any atom is -0.254 e. The van der Waals surface area contributed by atoms with Crippen LogP contribution in [0.15, 0.2) is 24.4 Å². The molecule has 2 unspecified atom stereocenters. The molecule has 210 valence electrons. The summed E-state index contributed by atoms with van der Waals surface area (Å²) in [6, 6.07) is 5.48. The van der Waals surface area contributed by atoms with Crippen LogP contribution in [0.5, 0.6) is 0 Å². The summed E-state index contributed by atoms with van der Waals surface area (Å²) in [5.41, 5.74) is 1.93. The normalized spacial score (nSPS) is 19.3. The van der Waals surface area contributed by atoms with Gasteiger partial charge in [-0.05, 0) is 60.8 Å². The zero-order valence-corrected chi connectivity index (χ0v) is 23.6. The molecular formula is C33H47F3N2. The van der Waals surface area contributed by atoms with Crippen LogP contribution in [0, 0.1) is 23.7 Å². The first-order chi connectivity index (χ1) is 18.4. The van der Waals surface area contributed by atoms with Crippen LogP contribution in [0.4, 0.5) is 13.2 Å². The van der Waals surface area contributed by atoms with Crippen molar-refractivity contribution in [3.63, 3.8) is 0 Å². The van der Waals surface area contributed by atoms with Gasteiger partial charge < -0.3 is 0 Å². The molecule has 38 heavy (non-hydrogen) atoms. The minimum atomic E-state index is -3.17. The van der Waals surface area contributed by atoms with Gasteiger partial charge >= 0.3 is 0 Å². The Bertz CT molecular complexity index is 1000. The number of nitrogens with zero attached hydrogens (tertiary/aromatic N) is 2. The number of alkyl halides is 2. The molecule has 0 aromatic carbocycles. The lowest BCUT2D eigenvalue weighted by atomic mass is 9.78. The summed E-state index contributed by atoms with van der Waals surface area (Å²) in [5.74, 6) is -3.40. The third kappa shape index (κ3) is 8.05.